The number of aliphatic hydroxyl groups is 1. The van der Waals surface area contributed by atoms with Crippen LogP contribution in [0, 0.1) is 0 Å². The van der Waals surface area contributed by atoms with Crippen LogP contribution in [-0.2, 0) is 23.8 Å². The Morgan fingerprint density at radius 3 is 1.82 bits per heavy atom. The average Bonchev–Trinajstić information content (AvgIpc) is 3.45. The number of amides is 2. The molecule has 0 saturated carbocycles. The van der Waals surface area contributed by atoms with Gasteiger partial charge in [-0.1, -0.05) is 109 Å². The molecule has 3 atom stereocenters. The fraction of sp³-hybridized carbons (Fsp3) is 0.325. The van der Waals surface area contributed by atoms with E-state index in [4.69, 9.17) is 14.2 Å². The van der Waals surface area contributed by atoms with Crippen molar-refractivity contribution in [3.63, 3.8) is 0 Å². The highest BCUT2D eigenvalue weighted by atomic mass is 32.2. The molecule has 5 rings (SSSR count). The molecule has 262 valence electrons. The Morgan fingerprint density at radius 1 is 0.780 bits per heavy atom. The number of hydrogen-bond acceptors (Lipinski definition) is 8. The molecule has 0 saturated heterocycles. The van der Waals surface area contributed by atoms with Gasteiger partial charge in [0.2, 0.25) is 0 Å². The van der Waals surface area contributed by atoms with Crippen molar-refractivity contribution in [3.8, 4) is 11.1 Å². The molecule has 0 aromatic heterocycles. The number of aliphatic hydroxyl groups excluding tert-OH is 1. The number of fused-ring (bicyclic) bond motifs is 3. The van der Waals surface area contributed by atoms with E-state index in [0.717, 1.165) is 33.4 Å². The molecule has 4 aromatic rings. The molecule has 0 aliphatic heterocycles. The Labute approximate surface area is 297 Å². The number of ether oxygens (including phenoxy) is 3. The van der Waals surface area contributed by atoms with Crippen molar-refractivity contribution in [2.75, 3.05) is 26.1 Å². The van der Waals surface area contributed by atoms with Crippen LogP contribution in [0.5, 0.6) is 0 Å². The van der Waals surface area contributed by atoms with E-state index in [-0.39, 0.29) is 30.1 Å². The first-order valence-electron chi connectivity index (χ1n) is 16.6. The minimum atomic E-state index is -1.74. The van der Waals surface area contributed by atoms with Crippen LogP contribution in [0.1, 0.15) is 54.2 Å². The molecule has 1 aliphatic rings. The third-order valence-electron chi connectivity index (χ3n) is 8.43. The van der Waals surface area contributed by atoms with Gasteiger partial charge in [0.15, 0.2) is 12.1 Å². The molecule has 50 heavy (non-hydrogen) atoms. The predicted octanol–water partition coefficient (Wildman–Crippen LogP) is 6.25. The summed E-state index contributed by atoms with van der Waals surface area (Å²) < 4.78 is 16.4. The van der Waals surface area contributed by atoms with Gasteiger partial charge in [0, 0.05) is 11.7 Å². The minimum absolute atomic E-state index is 0.0627. The topological polar surface area (TPSA) is 123 Å². The van der Waals surface area contributed by atoms with Crippen LogP contribution < -0.4 is 10.6 Å². The lowest BCUT2D eigenvalue weighted by atomic mass is 9.98. The van der Waals surface area contributed by atoms with E-state index < -0.39 is 41.8 Å². The third-order valence-corrected chi connectivity index (χ3v) is 9.86. The van der Waals surface area contributed by atoms with Gasteiger partial charge >= 0.3 is 12.1 Å². The number of carbonyl (C=O) groups excluding carboxylic acids is 3. The van der Waals surface area contributed by atoms with E-state index in [0.29, 0.717) is 0 Å². The van der Waals surface area contributed by atoms with Crippen LogP contribution in [0.3, 0.4) is 0 Å². The number of esters is 1. The van der Waals surface area contributed by atoms with Gasteiger partial charge < -0.3 is 30.0 Å². The largest absolute Gasteiger partial charge is 0.467 e. The quantitative estimate of drug-likeness (QED) is 0.132. The number of benzene rings is 4. The molecule has 4 aromatic carbocycles. The van der Waals surface area contributed by atoms with E-state index in [1.807, 2.05) is 118 Å². The van der Waals surface area contributed by atoms with Crippen LogP contribution >= 0.6 is 11.8 Å². The summed E-state index contributed by atoms with van der Waals surface area (Å²) in [5.41, 5.74) is 5.77. The Kier molecular flexibility index (Phi) is 12.3. The van der Waals surface area contributed by atoms with Crippen LogP contribution in [0.25, 0.3) is 11.1 Å². The third kappa shape index (κ3) is 9.32. The maximum absolute atomic E-state index is 13.5. The second kappa shape index (κ2) is 16.8. The maximum Gasteiger partial charge on any atom is 0.407 e. The van der Waals surface area contributed by atoms with Gasteiger partial charge in [-0.05, 0) is 54.2 Å². The van der Waals surface area contributed by atoms with Crippen molar-refractivity contribution in [2.24, 2.45) is 0 Å². The molecule has 0 radical (unpaired) electrons. The van der Waals surface area contributed by atoms with E-state index >= 15 is 0 Å². The molecule has 0 unspecified atom stereocenters. The second-order valence-corrected chi connectivity index (χ2v) is 14.2. The first kappa shape index (κ1) is 36.6. The molecule has 0 fully saturated rings. The van der Waals surface area contributed by atoms with Crippen molar-refractivity contribution in [3.05, 3.63) is 131 Å². The summed E-state index contributed by atoms with van der Waals surface area (Å²) in [6.07, 6.45) is -2.52. The number of rotatable bonds is 14. The Bertz CT molecular complexity index is 1660. The monoisotopic (exact) mass is 696 g/mol. The smallest absolute Gasteiger partial charge is 0.407 e. The molecule has 2 amide bonds. The Morgan fingerprint density at radius 2 is 1.30 bits per heavy atom. The van der Waals surface area contributed by atoms with Crippen LogP contribution in [-0.4, -0.2) is 72.9 Å². The van der Waals surface area contributed by atoms with Crippen molar-refractivity contribution in [2.45, 2.75) is 55.7 Å². The number of nitrogens with one attached hydrogen (secondary N) is 2. The summed E-state index contributed by atoms with van der Waals surface area (Å²) in [7, 11) is 1.21. The van der Waals surface area contributed by atoms with Crippen molar-refractivity contribution < 1.29 is 33.7 Å². The van der Waals surface area contributed by atoms with Crippen LogP contribution in [0.2, 0.25) is 0 Å². The highest BCUT2D eigenvalue weighted by Crippen LogP contribution is 2.44. The Balaban J connectivity index is 1.34. The number of thioether (sulfide) groups is 1. The van der Waals surface area contributed by atoms with E-state index in [9.17, 15) is 19.5 Å². The molecule has 1 aliphatic carbocycles. The van der Waals surface area contributed by atoms with Gasteiger partial charge in [-0.3, -0.25) is 4.79 Å². The summed E-state index contributed by atoms with van der Waals surface area (Å²) in [5.74, 6) is -1.62. The second-order valence-electron chi connectivity index (χ2n) is 13.1. The first-order chi connectivity index (χ1) is 24.1. The lowest BCUT2D eigenvalue weighted by Crippen LogP contribution is -2.56. The fourth-order valence-corrected chi connectivity index (χ4v) is 7.29. The molecule has 0 heterocycles. The molecule has 9 nitrogen and oxygen atoms in total. The average molecular weight is 697 g/mol. The van der Waals surface area contributed by atoms with E-state index in [1.54, 1.807) is 0 Å². The molecule has 0 bridgehead atoms. The lowest BCUT2D eigenvalue weighted by Gasteiger charge is -2.28. The highest BCUT2D eigenvalue weighted by molar-refractivity contribution is 7.99. The Hall–Kier alpha value is -4.64. The van der Waals surface area contributed by atoms with Gasteiger partial charge in [0.25, 0.3) is 5.91 Å². The lowest BCUT2D eigenvalue weighted by molar-refractivity contribution is -0.150. The minimum Gasteiger partial charge on any atom is -0.467 e. The number of hydrogen-bond donors (Lipinski definition) is 3. The van der Waals surface area contributed by atoms with Crippen LogP contribution in [0.4, 0.5) is 4.79 Å². The van der Waals surface area contributed by atoms with Crippen molar-refractivity contribution >= 4 is 29.7 Å². The first-order valence-corrected chi connectivity index (χ1v) is 17.6. The van der Waals surface area contributed by atoms with Crippen LogP contribution in [0.15, 0.2) is 109 Å². The molecule has 0 spiro atoms. The summed E-state index contributed by atoms with van der Waals surface area (Å²) in [5, 5.41) is 16.6. The summed E-state index contributed by atoms with van der Waals surface area (Å²) in [6, 6.07) is 33.5. The van der Waals surface area contributed by atoms with E-state index in [1.165, 1.54) is 18.9 Å². The molecule has 3 N–H and O–H groups in total. The maximum atomic E-state index is 13.5. The summed E-state index contributed by atoms with van der Waals surface area (Å²) >= 11 is 1.47. The number of carbonyl (C=O) groups is 3. The van der Waals surface area contributed by atoms with Gasteiger partial charge in [-0.25, -0.2) is 9.59 Å². The highest BCUT2D eigenvalue weighted by Gasteiger charge is 2.34. The van der Waals surface area contributed by atoms with Crippen molar-refractivity contribution in [1.29, 1.82) is 0 Å². The predicted molar refractivity (Wildman–Crippen MR) is 195 cm³/mol. The van der Waals surface area contributed by atoms with Gasteiger partial charge in [-0.15, -0.1) is 11.8 Å². The molecular formula is C40H44N2O7S. The summed E-state index contributed by atoms with van der Waals surface area (Å²) in [4.78, 5) is 39.5. The normalized spacial score (nSPS) is 14.2. The zero-order chi connectivity index (χ0) is 35.7. The van der Waals surface area contributed by atoms with Gasteiger partial charge in [0.1, 0.15) is 6.61 Å². The standard InChI is InChI=1S/C40H44N2O7S/c1-40(2,3)49-24-33(38(45)47-4)41-37(44)35(43)34(25-50-36(26-15-7-5-8-16-26)27-17-9-6-10-18-27)42-39(46)48-23-32-30-21-13-11-19-28(30)29-20-12-14-22-31(29)32/h5-22,32-36,43H,23-25H2,1-4H3,(H,41,44)(H,42,46)/t33-,34-,35+/m0/s1. The number of alkyl carbamates (subject to hydrolysis) is 1. The molecule has 10 heteroatoms. The zero-order valence-corrected chi connectivity index (χ0v) is 29.5. The molecular weight excluding hydrogens is 653 g/mol. The van der Waals surface area contributed by atoms with Gasteiger partial charge in [-0.2, -0.15) is 0 Å². The summed E-state index contributed by atoms with van der Waals surface area (Å²) in [6.45, 7) is 5.35. The fourth-order valence-electron chi connectivity index (χ4n) is 5.93. The number of methoxy groups -OCH3 is 1. The van der Waals surface area contributed by atoms with E-state index in [2.05, 4.69) is 22.8 Å². The van der Waals surface area contributed by atoms with Gasteiger partial charge in [0.05, 0.1) is 30.6 Å². The zero-order valence-electron chi connectivity index (χ0n) is 28.7. The SMILES string of the molecule is COC(=O)[C@H](COC(C)(C)C)NC(=O)[C@H](O)[C@H](CSC(c1ccccc1)c1ccccc1)NC(=O)OCC1c2ccccc2-c2ccccc21. The van der Waals surface area contributed by atoms with Crippen molar-refractivity contribution in [1.82, 2.24) is 10.6 Å².